The first kappa shape index (κ1) is 23.1. The number of carbonyl (C=O) groups excluding carboxylic acids is 3. The number of anilines is 1. The minimum Gasteiger partial charge on any atom is -0.453 e. The predicted octanol–water partition coefficient (Wildman–Crippen LogP) is 4.66. The third-order valence-electron chi connectivity index (χ3n) is 5.65. The molecule has 0 radical (unpaired) electrons. The molecule has 3 rings (SSSR count). The number of furan rings is 1. The molecule has 0 bridgehead atoms. The Hall–Kier alpha value is -2.55. The molecule has 1 saturated carbocycles. The number of amides is 3. The van der Waals surface area contributed by atoms with Crippen LogP contribution in [0.25, 0.3) is 11.0 Å². The lowest BCUT2D eigenvalue weighted by Gasteiger charge is -2.43. The molecule has 31 heavy (non-hydrogen) atoms. The van der Waals surface area contributed by atoms with Gasteiger partial charge in [-0.05, 0) is 64.7 Å². The molecule has 3 N–H and O–H groups in total. The van der Waals surface area contributed by atoms with E-state index in [1.54, 1.807) is 23.1 Å². The van der Waals surface area contributed by atoms with Crippen molar-refractivity contribution in [1.82, 2.24) is 4.90 Å². The third-order valence-corrected chi connectivity index (χ3v) is 6.14. The van der Waals surface area contributed by atoms with Crippen molar-refractivity contribution in [2.45, 2.75) is 58.0 Å². The minimum atomic E-state index is -0.745. The molecule has 0 aliphatic heterocycles. The molecule has 1 fully saturated rings. The van der Waals surface area contributed by atoms with Gasteiger partial charge in [-0.2, -0.15) is 0 Å². The highest BCUT2D eigenvalue weighted by molar-refractivity contribution is 9.10. The quantitative estimate of drug-likeness (QED) is 0.642. The summed E-state index contributed by atoms with van der Waals surface area (Å²) in [6.07, 6.45) is 2.24. The molecule has 8 nitrogen and oxygen atoms in total. The highest BCUT2D eigenvalue weighted by Crippen LogP contribution is 2.36. The number of carbonyl (C=O) groups is 3. The average Bonchev–Trinajstić information content (AvgIpc) is 3.05. The van der Waals surface area contributed by atoms with Gasteiger partial charge in [-0.25, -0.2) is 4.79 Å². The van der Waals surface area contributed by atoms with Gasteiger partial charge >= 0.3 is 6.09 Å². The molecule has 1 aliphatic carbocycles. The van der Waals surface area contributed by atoms with E-state index in [9.17, 15) is 14.4 Å². The van der Waals surface area contributed by atoms with Crippen LogP contribution in [0, 0.1) is 5.92 Å². The van der Waals surface area contributed by atoms with Gasteiger partial charge in [0.15, 0.2) is 0 Å². The van der Waals surface area contributed by atoms with Gasteiger partial charge in [0.2, 0.25) is 11.7 Å². The van der Waals surface area contributed by atoms with E-state index in [-0.39, 0.29) is 35.3 Å². The molecule has 0 atom stereocenters. The van der Waals surface area contributed by atoms with Crippen molar-refractivity contribution < 1.29 is 23.5 Å². The molecule has 0 spiro atoms. The van der Waals surface area contributed by atoms with Gasteiger partial charge in [0.25, 0.3) is 5.91 Å². The van der Waals surface area contributed by atoms with E-state index in [2.05, 4.69) is 21.2 Å². The number of benzene rings is 1. The van der Waals surface area contributed by atoms with Gasteiger partial charge in [0.1, 0.15) is 11.3 Å². The Bertz CT molecular complexity index is 1000. The maximum atomic E-state index is 13.0. The summed E-state index contributed by atoms with van der Waals surface area (Å²) in [5.74, 6) is -1.25. The van der Waals surface area contributed by atoms with Crippen LogP contribution in [0.3, 0.4) is 0 Å². The Balaban J connectivity index is 1.75. The van der Waals surface area contributed by atoms with Crippen molar-refractivity contribution in [3.8, 4) is 0 Å². The number of nitrogens with zero attached hydrogens (tertiary/aromatic N) is 1. The van der Waals surface area contributed by atoms with Crippen LogP contribution in [0.2, 0.25) is 0 Å². The fraction of sp³-hybridized carbons (Fsp3) is 0.500. The molecule has 3 amide bonds. The van der Waals surface area contributed by atoms with Crippen LogP contribution in [0.1, 0.15) is 57.0 Å². The summed E-state index contributed by atoms with van der Waals surface area (Å²) in [6, 6.07) is 5.27. The number of nitrogens with one attached hydrogen (secondary N) is 1. The van der Waals surface area contributed by atoms with Gasteiger partial charge in [-0.3, -0.25) is 9.59 Å². The van der Waals surface area contributed by atoms with Crippen LogP contribution in [-0.4, -0.2) is 41.5 Å². The lowest BCUT2D eigenvalue weighted by molar-refractivity contribution is -0.121. The second-order valence-electron chi connectivity index (χ2n) is 8.82. The van der Waals surface area contributed by atoms with Crippen molar-refractivity contribution in [2.75, 3.05) is 12.4 Å². The molecule has 1 aromatic carbocycles. The molecule has 9 heteroatoms. The molecule has 0 saturated heterocycles. The monoisotopic (exact) mass is 493 g/mol. The number of hydrogen-bond acceptors (Lipinski definition) is 5. The van der Waals surface area contributed by atoms with Crippen LogP contribution in [0.15, 0.2) is 27.1 Å². The first-order valence-corrected chi connectivity index (χ1v) is 11.0. The molecule has 2 aromatic rings. The normalized spacial score (nSPS) is 19.1. The second-order valence-corrected chi connectivity index (χ2v) is 9.73. The summed E-state index contributed by atoms with van der Waals surface area (Å²) in [7, 11) is 1.38. The van der Waals surface area contributed by atoms with Crippen molar-refractivity contribution in [1.29, 1.82) is 0 Å². The molecule has 1 aliphatic rings. The lowest BCUT2D eigenvalue weighted by Crippen LogP contribution is -2.53. The SMILES string of the molecule is COC(=O)N(C1CCC(C(=O)Nc2c(C(N)=O)oc3ccc(Br)cc23)CC1)C(C)(C)C. The number of fused-ring (bicyclic) bond motifs is 1. The topological polar surface area (TPSA) is 115 Å². The van der Waals surface area contributed by atoms with Crippen LogP contribution in [0.4, 0.5) is 10.5 Å². The Morgan fingerprint density at radius 2 is 1.84 bits per heavy atom. The predicted molar refractivity (Wildman–Crippen MR) is 121 cm³/mol. The highest BCUT2D eigenvalue weighted by Gasteiger charge is 2.38. The van der Waals surface area contributed by atoms with E-state index in [0.29, 0.717) is 42.3 Å². The van der Waals surface area contributed by atoms with E-state index < -0.39 is 5.91 Å². The van der Waals surface area contributed by atoms with Crippen molar-refractivity contribution in [3.63, 3.8) is 0 Å². The second kappa shape index (κ2) is 8.90. The first-order chi connectivity index (χ1) is 14.5. The van der Waals surface area contributed by atoms with Crippen LogP contribution in [-0.2, 0) is 9.53 Å². The number of methoxy groups -OCH3 is 1. The molecule has 1 heterocycles. The maximum absolute atomic E-state index is 13.0. The highest BCUT2D eigenvalue weighted by atomic mass is 79.9. The van der Waals surface area contributed by atoms with Gasteiger partial charge in [-0.15, -0.1) is 0 Å². The molecular formula is C22H28BrN3O5. The molecule has 1 aromatic heterocycles. The number of primary amides is 1. The number of ether oxygens (including phenoxy) is 1. The summed E-state index contributed by atoms with van der Waals surface area (Å²) < 4.78 is 11.3. The smallest absolute Gasteiger partial charge is 0.410 e. The number of halogens is 1. The zero-order valence-electron chi connectivity index (χ0n) is 18.2. The summed E-state index contributed by atoms with van der Waals surface area (Å²) in [5.41, 5.74) is 5.84. The van der Waals surface area contributed by atoms with E-state index >= 15 is 0 Å². The van der Waals surface area contributed by atoms with Crippen LogP contribution in [0.5, 0.6) is 0 Å². The Morgan fingerprint density at radius 1 is 1.19 bits per heavy atom. The summed E-state index contributed by atoms with van der Waals surface area (Å²) in [4.78, 5) is 38.9. The maximum Gasteiger partial charge on any atom is 0.410 e. The largest absolute Gasteiger partial charge is 0.453 e. The first-order valence-electron chi connectivity index (χ1n) is 10.2. The van der Waals surface area contributed by atoms with Gasteiger partial charge in [0, 0.05) is 27.4 Å². The van der Waals surface area contributed by atoms with E-state index in [1.165, 1.54) is 7.11 Å². The van der Waals surface area contributed by atoms with Gasteiger partial charge in [-0.1, -0.05) is 15.9 Å². The lowest BCUT2D eigenvalue weighted by atomic mass is 9.83. The zero-order valence-corrected chi connectivity index (χ0v) is 19.7. The zero-order chi connectivity index (χ0) is 22.9. The Kier molecular flexibility index (Phi) is 6.64. The van der Waals surface area contributed by atoms with E-state index in [0.717, 1.165) is 4.47 Å². The van der Waals surface area contributed by atoms with Crippen LogP contribution < -0.4 is 11.1 Å². The summed E-state index contributed by atoms with van der Waals surface area (Å²) in [6.45, 7) is 5.91. The summed E-state index contributed by atoms with van der Waals surface area (Å²) >= 11 is 3.40. The summed E-state index contributed by atoms with van der Waals surface area (Å²) in [5, 5.41) is 3.47. The minimum absolute atomic E-state index is 0.00314. The fourth-order valence-electron chi connectivity index (χ4n) is 4.26. The van der Waals surface area contributed by atoms with Crippen molar-refractivity contribution >= 4 is 50.5 Å². The number of rotatable bonds is 4. The average molecular weight is 494 g/mol. The van der Waals surface area contributed by atoms with Crippen LogP contribution >= 0.6 is 15.9 Å². The fourth-order valence-corrected chi connectivity index (χ4v) is 4.62. The number of hydrogen-bond donors (Lipinski definition) is 2. The van der Waals surface area contributed by atoms with Gasteiger partial charge < -0.3 is 25.1 Å². The Labute approximate surface area is 189 Å². The standard InChI is InChI=1S/C22H28BrN3O5/c1-22(2,3)26(21(29)30-4)14-8-5-12(6-9-14)20(28)25-17-15-11-13(23)7-10-16(15)31-18(17)19(24)27/h7,10-12,14H,5-6,8-9H2,1-4H3,(H2,24,27)(H,25,28). The van der Waals surface area contributed by atoms with Crippen molar-refractivity contribution in [2.24, 2.45) is 11.7 Å². The van der Waals surface area contributed by atoms with E-state index in [4.69, 9.17) is 14.9 Å². The number of nitrogens with two attached hydrogens (primary N) is 1. The van der Waals surface area contributed by atoms with E-state index in [1.807, 2.05) is 20.8 Å². The molecular weight excluding hydrogens is 466 g/mol. The third kappa shape index (κ3) is 4.87. The molecule has 168 valence electrons. The van der Waals surface area contributed by atoms with Gasteiger partial charge in [0.05, 0.1) is 7.11 Å². The van der Waals surface area contributed by atoms with Crippen molar-refractivity contribution in [3.05, 3.63) is 28.4 Å². The molecule has 0 unspecified atom stereocenters. The Morgan fingerprint density at radius 3 is 2.39 bits per heavy atom.